The quantitative estimate of drug-likeness (QED) is 0.536. The third-order valence-corrected chi connectivity index (χ3v) is 6.55. The van der Waals surface area contributed by atoms with Crippen LogP contribution in [0.4, 0.5) is 0 Å². The number of nitrogens with one attached hydrogen (secondary N) is 1. The van der Waals surface area contributed by atoms with E-state index in [9.17, 15) is 9.59 Å². The minimum atomic E-state index is -0.454. The molecule has 35 heavy (non-hydrogen) atoms. The molecule has 2 amide bonds. The summed E-state index contributed by atoms with van der Waals surface area (Å²) in [6.45, 7) is 3.60. The Hall–Kier alpha value is -3.66. The average molecular weight is 487 g/mol. The van der Waals surface area contributed by atoms with Gasteiger partial charge in [0.2, 0.25) is 5.91 Å². The number of hydrogen-bond acceptors (Lipinski definition) is 4. The highest BCUT2D eigenvalue weighted by atomic mass is 35.5. The minimum absolute atomic E-state index is 0.0105. The molecule has 4 rings (SSSR count). The second-order valence-corrected chi connectivity index (χ2v) is 8.99. The molecule has 1 N–H and O–H groups in total. The maximum absolute atomic E-state index is 13.2. The Morgan fingerprint density at radius 3 is 2.23 bits per heavy atom. The zero-order valence-electron chi connectivity index (χ0n) is 19.4. The zero-order valence-corrected chi connectivity index (χ0v) is 20.1. The Bertz CT molecular complexity index is 1200. The van der Waals surface area contributed by atoms with E-state index in [0.29, 0.717) is 29.2 Å². The van der Waals surface area contributed by atoms with Gasteiger partial charge in [0, 0.05) is 32.7 Å². The van der Waals surface area contributed by atoms with Crippen molar-refractivity contribution in [1.29, 1.82) is 5.26 Å². The first kappa shape index (κ1) is 24.5. The van der Waals surface area contributed by atoms with Gasteiger partial charge in [-0.2, -0.15) is 5.26 Å². The highest BCUT2D eigenvalue weighted by Gasteiger charge is 2.26. The molecule has 1 saturated heterocycles. The van der Waals surface area contributed by atoms with Crippen LogP contribution in [0.25, 0.3) is 0 Å². The van der Waals surface area contributed by atoms with Gasteiger partial charge in [0.25, 0.3) is 5.91 Å². The Kier molecular flexibility index (Phi) is 8.15. The number of carbonyl (C=O) groups is 2. The number of nitrogens with zero attached hydrogens (tertiary/aromatic N) is 3. The fourth-order valence-corrected chi connectivity index (χ4v) is 4.44. The molecule has 0 unspecified atom stereocenters. The van der Waals surface area contributed by atoms with Crippen molar-refractivity contribution in [3.63, 3.8) is 0 Å². The Morgan fingerprint density at radius 1 is 0.914 bits per heavy atom. The molecule has 0 aliphatic carbocycles. The maximum atomic E-state index is 13.2. The molecule has 1 heterocycles. The summed E-state index contributed by atoms with van der Waals surface area (Å²) in [7, 11) is 0. The fourth-order valence-electron chi connectivity index (χ4n) is 4.22. The van der Waals surface area contributed by atoms with Gasteiger partial charge in [-0.05, 0) is 35.4 Å². The van der Waals surface area contributed by atoms with E-state index in [1.165, 1.54) is 0 Å². The predicted octanol–water partition coefficient (Wildman–Crippen LogP) is 4.42. The van der Waals surface area contributed by atoms with Gasteiger partial charge < -0.3 is 10.2 Å². The topological polar surface area (TPSA) is 76.4 Å². The normalized spacial score (nSPS) is 14.7. The van der Waals surface area contributed by atoms with Crippen LogP contribution in [0, 0.1) is 11.3 Å². The molecule has 0 aromatic heterocycles. The Labute approximate surface area is 210 Å². The van der Waals surface area contributed by atoms with Gasteiger partial charge in [0.05, 0.1) is 34.7 Å². The van der Waals surface area contributed by atoms with Gasteiger partial charge in [0.1, 0.15) is 0 Å². The van der Waals surface area contributed by atoms with E-state index in [1.54, 1.807) is 24.3 Å². The third kappa shape index (κ3) is 6.48. The molecule has 0 bridgehead atoms. The SMILES string of the molecule is N#Cc1ccc(CN2CCN(C(=O)C[C@H](NC(=O)c3ccccc3Cl)c3ccccc3)CC2)cc1. The zero-order chi connectivity index (χ0) is 24.6. The molecule has 0 spiro atoms. The van der Waals surface area contributed by atoms with E-state index in [2.05, 4.69) is 16.3 Å². The summed E-state index contributed by atoms with van der Waals surface area (Å²) >= 11 is 6.21. The summed E-state index contributed by atoms with van der Waals surface area (Å²) in [5.74, 6) is -0.291. The van der Waals surface area contributed by atoms with Crippen molar-refractivity contribution in [3.05, 3.63) is 106 Å². The smallest absolute Gasteiger partial charge is 0.253 e. The van der Waals surface area contributed by atoms with E-state index < -0.39 is 6.04 Å². The molecule has 1 aliphatic rings. The number of hydrogen-bond donors (Lipinski definition) is 1. The van der Waals surface area contributed by atoms with Crippen LogP contribution < -0.4 is 5.32 Å². The number of halogens is 1. The summed E-state index contributed by atoms with van der Waals surface area (Å²) in [5.41, 5.74) is 3.06. The van der Waals surface area contributed by atoms with E-state index in [4.69, 9.17) is 16.9 Å². The second kappa shape index (κ2) is 11.7. The van der Waals surface area contributed by atoms with E-state index >= 15 is 0 Å². The average Bonchev–Trinajstić information content (AvgIpc) is 2.90. The van der Waals surface area contributed by atoms with Crippen molar-refractivity contribution in [1.82, 2.24) is 15.1 Å². The lowest BCUT2D eigenvalue weighted by Crippen LogP contribution is -2.49. The molecular weight excluding hydrogens is 460 g/mol. The van der Waals surface area contributed by atoms with Crippen LogP contribution in [0.15, 0.2) is 78.9 Å². The molecule has 1 atom stereocenters. The molecule has 0 radical (unpaired) electrons. The summed E-state index contributed by atoms with van der Waals surface area (Å²) in [4.78, 5) is 30.3. The molecular formula is C28H27ClN4O2. The van der Waals surface area contributed by atoms with Gasteiger partial charge in [-0.3, -0.25) is 14.5 Å². The maximum Gasteiger partial charge on any atom is 0.253 e. The second-order valence-electron chi connectivity index (χ2n) is 8.59. The van der Waals surface area contributed by atoms with Gasteiger partial charge in [-0.25, -0.2) is 0 Å². The minimum Gasteiger partial charge on any atom is -0.345 e. The van der Waals surface area contributed by atoms with Gasteiger partial charge in [-0.15, -0.1) is 0 Å². The van der Waals surface area contributed by atoms with Gasteiger partial charge >= 0.3 is 0 Å². The number of rotatable bonds is 7. The van der Waals surface area contributed by atoms with Crippen molar-refractivity contribution in [2.24, 2.45) is 0 Å². The van der Waals surface area contributed by atoms with Crippen molar-refractivity contribution in [2.45, 2.75) is 19.0 Å². The van der Waals surface area contributed by atoms with E-state index in [1.807, 2.05) is 59.5 Å². The molecule has 1 fully saturated rings. The summed E-state index contributed by atoms with van der Waals surface area (Å²) in [6.07, 6.45) is 0.176. The fraction of sp³-hybridized carbons (Fsp3) is 0.250. The van der Waals surface area contributed by atoms with Crippen LogP contribution in [-0.4, -0.2) is 47.8 Å². The molecule has 1 aliphatic heterocycles. The summed E-state index contributed by atoms with van der Waals surface area (Å²) < 4.78 is 0. The van der Waals surface area contributed by atoms with Crippen LogP contribution >= 0.6 is 11.6 Å². The lowest BCUT2D eigenvalue weighted by atomic mass is 10.0. The lowest BCUT2D eigenvalue weighted by Gasteiger charge is -2.35. The highest BCUT2D eigenvalue weighted by Crippen LogP contribution is 2.22. The van der Waals surface area contributed by atoms with Gasteiger partial charge in [-0.1, -0.05) is 66.2 Å². The summed E-state index contributed by atoms with van der Waals surface area (Å²) in [5, 5.41) is 12.3. The lowest BCUT2D eigenvalue weighted by molar-refractivity contribution is -0.133. The Balaban J connectivity index is 1.37. The monoisotopic (exact) mass is 486 g/mol. The molecule has 7 heteroatoms. The van der Waals surface area contributed by atoms with Crippen molar-refractivity contribution >= 4 is 23.4 Å². The first-order chi connectivity index (χ1) is 17.0. The van der Waals surface area contributed by atoms with Crippen molar-refractivity contribution in [3.8, 4) is 6.07 Å². The van der Waals surface area contributed by atoms with Crippen molar-refractivity contribution in [2.75, 3.05) is 26.2 Å². The number of nitriles is 1. The number of amides is 2. The third-order valence-electron chi connectivity index (χ3n) is 6.22. The largest absolute Gasteiger partial charge is 0.345 e. The molecule has 0 saturated carbocycles. The molecule has 3 aromatic rings. The number of carbonyl (C=O) groups excluding carboxylic acids is 2. The first-order valence-electron chi connectivity index (χ1n) is 11.6. The molecule has 3 aromatic carbocycles. The number of piperazine rings is 1. The van der Waals surface area contributed by atoms with E-state index in [-0.39, 0.29) is 18.2 Å². The molecule has 6 nitrogen and oxygen atoms in total. The van der Waals surface area contributed by atoms with Crippen LogP contribution in [0.3, 0.4) is 0 Å². The highest BCUT2D eigenvalue weighted by molar-refractivity contribution is 6.33. The standard InChI is InChI=1S/C28H27ClN4O2/c29-25-9-5-4-8-24(25)28(35)31-26(23-6-2-1-3-7-23)18-27(34)33-16-14-32(15-17-33)20-22-12-10-21(19-30)11-13-22/h1-13,26H,14-18,20H2,(H,31,35)/t26-/m0/s1. The van der Waals surface area contributed by atoms with Gasteiger partial charge in [0.15, 0.2) is 0 Å². The van der Waals surface area contributed by atoms with Crippen LogP contribution in [0.1, 0.15) is 39.5 Å². The van der Waals surface area contributed by atoms with Crippen LogP contribution in [0.5, 0.6) is 0 Å². The summed E-state index contributed by atoms with van der Waals surface area (Å²) in [6, 6.07) is 25.7. The van der Waals surface area contributed by atoms with Crippen LogP contribution in [0.2, 0.25) is 5.02 Å². The first-order valence-corrected chi connectivity index (χ1v) is 12.0. The predicted molar refractivity (Wildman–Crippen MR) is 136 cm³/mol. The van der Waals surface area contributed by atoms with E-state index in [0.717, 1.165) is 30.8 Å². The Morgan fingerprint density at radius 2 is 1.57 bits per heavy atom. The molecule has 178 valence electrons. The van der Waals surface area contributed by atoms with Crippen molar-refractivity contribution < 1.29 is 9.59 Å². The number of benzene rings is 3. The van der Waals surface area contributed by atoms with Crippen LogP contribution in [-0.2, 0) is 11.3 Å².